The number of nitrogens with two attached hydrogens (primary N) is 2. The van der Waals surface area contributed by atoms with Gasteiger partial charge in [-0.05, 0) is 30.9 Å². The third kappa shape index (κ3) is 3.96. The number of ketones is 1. The van der Waals surface area contributed by atoms with E-state index in [1.165, 1.54) is 17.7 Å². The van der Waals surface area contributed by atoms with E-state index >= 15 is 0 Å². The summed E-state index contributed by atoms with van der Waals surface area (Å²) in [6, 6.07) is 12.8. The summed E-state index contributed by atoms with van der Waals surface area (Å²) in [5, 5.41) is 10.3. The SMILES string of the molecule is NCC(=O)c1ccc(C(N)=O)c(O)c1CCCc1ccccc1. The summed E-state index contributed by atoms with van der Waals surface area (Å²) >= 11 is 0. The first-order valence-corrected chi connectivity index (χ1v) is 7.46. The summed E-state index contributed by atoms with van der Waals surface area (Å²) in [5.41, 5.74) is 12.7. The third-order valence-electron chi connectivity index (χ3n) is 3.77. The Balaban J connectivity index is 2.25. The number of aryl methyl sites for hydroxylation is 1. The molecule has 0 atom stereocenters. The molecule has 120 valence electrons. The summed E-state index contributed by atoms with van der Waals surface area (Å²) in [6.07, 6.45) is 1.99. The van der Waals surface area contributed by atoms with Crippen molar-refractivity contribution in [2.45, 2.75) is 19.3 Å². The van der Waals surface area contributed by atoms with Crippen LogP contribution in [-0.2, 0) is 12.8 Å². The van der Waals surface area contributed by atoms with Gasteiger partial charge in [0.05, 0.1) is 12.1 Å². The van der Waals surface area contributed by atoms with E-state index in [4.69, 9.17) is 11.5 Å². The molecular weight excluding hydrogens is 292 g/mol. The lowest BCUT2D eigenvalue weighted by molar-refractivity contribution is 0.0985. The Bertz CT molecular complexity index is 712. The lowest BCUT2D eigenvalue weighted by Gasteiger charge is -2.13. The lowest BCUT2D eigenvalue weighted by Crippen LogP contribution is -2.18. The number of hydrogen-bond donors (Lipinski definition) is 3. The Morgan fingerprint density at radius 2 is 1.61 bits per heavy atom. The minimum Gasteiger partial charge on any atom is -0.507 e. The molecule has 1 amide bonds. The van der Waals surface area contributed by atoms with E-state index in [0.29, 0.717) is 17.5 Å². The van der Waals surface area contributed by atoms with Gasteiger partial charge in [0.1, 0.15) is 5.75 Å². The number of rotatable bonds is 7. The Morgan fingerprint density at radius 1 is 0.957 bits per heavy atom. The van der Waals surface area contributed by atoms with E-state index in [1.807, 2.05) is 30.3 Å². The van der Waals surface area contributed by atoms with Gasteiger partial charge in [-0.25, -0.2) is 0 Å². The lowest BCUT2D eigenvalue weighted by atomic mass is 9.94. The van der Waals surface area contributed by atoms with E-state index in [9.17, 15) is 14.7 Å². The number of carbonyl (C=O) groups excluding carboxylic acids is 2. The van der Waals surface area contributed by atoms with Crippen LogP contribution in [0.1, 0.15) is 38.3 Å². The quantitative estimate of drug-likeness (QED) is 0.678. The summed E-state index contributed by atoms with van der Waals surface area (Å²) in [7, 11) is 0. The second-order valence-electron chi connectivity index (χ2n) is 5.32. The van der Waals surface area contributed by atoms with Gasteiger partial charge in [0.15, 0.2) is 5.78 Å². The average molecular weight is 312 g/mol. The number of hydrogen-bond acceptors (Lipinski definition) is 4. The van der Waals surface area contributed by atoms with Crippen LogP contribution in [0.15, 0.2) is 42.5 Å². The molecule has 0 aromatic heterocycles. The van der Waals surface area contributed by atoms with Crippen LogP contribution in [0, 0.1) is 0 Å². The Kier molecular flexibility index (Phi) is 5.49. The molecule has 2 rings (SSSR count). The highest BCUT2D eigenvalue weighted by Crippen LogP contribution is 2.28. The zero-order valence-corrected chi connectivity index (χ0v) is 12.8. The van der Waals surface area contributed by atoms with Crippen LogP contribution >= 0.6 is 0 Å². The predicted octanol–water partition coefficient (Wildman–Crippen LogP) is 1.81. The molecule has 0 fully saturated rings. The first-order valence-electron chi connectivity index (χ1n) is 7.46. The molecule has 0 saturated carbocycles. The van der Waals surface area contributed by atoms with Crippen LogP contribution in [0.2, 0.25) is 0 Å². The smallest absolute Gasteiger partial charge is 0.252 e. The van der Waals surface area contributed by atoms with Crippen LogP contribution in [0.4, 0.5) is 0 Å². The number of carbonyl (C=O) groups is 2. The summed E-state index contributed by atoms with van der Waals surface area (Å²) in [4.78, 5) is 23.3. The van der Waals surface area contributed by atoms with E-state index in [0.717, 1.165) is 12.8 Å². The number of amides is 1. The highest BCUT2D eigenvalue weighted by Gasteiger charge is 2.19. The van der Waals surface area contributed by atoms with Gasteiger partial charge in [0, 0.05) is 11.1 Å². The topological polar surface area (TPSA) is 106 Å². The normalized spacial score (nSPS) is 10.5. The fourth-order valence-corrected chi connectivity index (χ4v) is 2.57. The zero-order valence-electron chi connectivity index (χ0n) is 12.8. The Hall–Kier alpha value is -2.66. The minimum atomic E-state index is -0.724. The van der Waals surface area contributed by atoms with Crippen LogP contribution in [0.3, 0.4) is 0 Å². The maximum atomic E-state index is 11.9. The largest absolute Gasteiger partial charge is 0.507 e. The van der Waals surface area contributed by atoms with E-state index in [2.05, 4.69) is 0 Å². The molecule has 5 N–H and O–H groups in total. The van der Waals surface area contributed by atoms with Gasteiger partial charge in [-0.3, -0.25) is 9.59 Å². The van der Waals surface area contributed by atoms with Gasteiger partial charge < -0.3 is 16.6 Å². The van der Waals surface area contributed by atoms with Gasteiger partial charge in [-0.1, -0.05) is 36.4 Å². The van der Waals surface area contributed by atoms with Crippen LogP contribution in [0.25, 0.3) is 0 Å². The summed E-state index contributed by atoms with van der Waals surface area (Å²) in [5.74, 6) is -1.21. The molecule has 23 heavy (non-hydrogen) atoms. The maximum Gasteiger partial charge on any atom is 0.252 e. The molecule has 0 aliphatic rings. The number of Topliss-reactive ketones (excluding diaryl/α,β-unsaturated/α-hetero) is 1. The summed E-state index contributed by atoms with van der Waals surface area (Å²) in [6.45, 7) is -0.152. The van der Waals surface area contributed by atoms with E-state index in [-0.39, 0.29) is 23.6 Å². The number of benzene rings is 2. The molecule has 5 heteroatoms. The molecule has 0 unspecified atom stereocenters. The van der Waals surface area contributed by atoms with Crippen molar-refractivity contribution in [3.05, 3.63) is 64.7 Å². The van der Waals surface area contributed by atoms with Crippen molar-refractivity contribution in [3.8, 4) is 5.75 Å². The second-order valence-corrected chi connectivity index (χ2v) is 5.32. The van der Waals surface area contributed by atoms with Crippen molar-refractivity contribution in [1.82, 2.24) is 0 Å². The molecule has 0 aliphatic carbocycles. The van der Waals surface area contributed by atoms with Gasteiger partial charge in [0.2, 0.25) is 0 Å². The minimum absolute atomic E-state index is 0.0216. The van der Waals surface area contributed by atoms with Gasteiger partial charge >= 0.3 is 0 Å². The molecular formula is C18H20N2O3. The Morgan fingerprint density at radius 3 is 2.22 bits per heavy atom. The molecule has 0 heterocycles. The zero-order chi connectivity index (χ0) is 16.8. The molecule has 0 saturated heterocycles. The van der Waals surface area contributed by atoms with Crippen LogP contribution in [-0.4, -0.2) is 23.3 Å². The maximum absolute atomic E-state index is 11.9. The molecule has 0 radical (unpaired) electrons. The molecule has 0 spiro atoms. The first kappa shape index (κ1) is 16.7. The molecule has 0 aliphatic heterocycles. The third-order valence-corrected chi connectivity index (χ3v) is 3.77. The van der Waals surface area contributed by atoms with Gasteiger partial charge in [-0.2, -0.15) is 0 Å². The number of aromatic hydroxyl groups is 1. The first-order chi connectivity index (χ1) is 11.0. The molecule has 2 aromatic rings. The fourth-order valence-electron chi connectivity index (χ4n) is 2.57. The average Bonchev–Trinajstić information content (AvgIpc) is 2.56. The summed E-state index contributed by atoms with van der Waals surface area (Å²) < 4.78 is 0. The van der Waals surface area contributed by atoms with E-state index < -0.39 is 5.91 Å². The molecule has 2 aromatic carbocycles. The van der Waals surface area contributed by atoms with Crippen molar-refractivity contribution in [1.29, 1.82) is 0 Å². The van der Waals surface area contributed by atoms with Crippen LogP contribution in [0.5, 0.6) is 5.75 Å². The Labute approximate surface area is 134 Å². The predicted molar refractivity (Wildman–Crippen MR) is 88.5 cm³/mol. The van der Waals surface area contributed by atoms with Gasteiger partial charge in [0.25, 0.3) is 5.91 Å². The highest BCUT2D eigenvalue weighted by atomic mass is 16.3. The van der Waals surface area contributed by atoms with Crippen LogP contribution < -0.4 is 11.5 Å². The van der Waals surface area contributed by atoms with Crippen molar-refractivity contribution in [2.24, 2.45) is 11.5 Å². The standard InChI is InChI=1S/C18H20N2O3/c19-11-16(21)13-9-10-15(18(20)23)17(22)14(13)8-4-7-12-5-2-1-3-6-12/h1-3,5-6,9-10,22H,4,7-8,11,19H2,(H2,20,23). The second kappa shape index (κ2) is 7.56. The van der Waals surface area contributed by atoms with Crippen molar-refractivity contribution < 1.29 is 14.7 Å². The van der Waals surface area contributed by atoms with E-state index in [1.54, 1.807) is 0 Å². The van der Waals surface area contributed by atoms with Crippen molar-refractivity contribution in [3.63, 3.8) is 0 Å². The number of phenols is 1. The number of primary amides is 1. The fraction of sp³-hybridized carbons (Fsp3) is 0.222. The highest BCUT2D eigenvalue weighted by molar-refractivity contribution is 6.02. The van der Waals surface area contributed by atoms with Crippen molar-refractivity contribution >= 4 is 11.7 Å². The monoisotopic (exact) mass is 312 g/mol. The molecule has 0 bridgehead atoms. The van der Waals surface area contributed by atoms with Gasteiger partial charge in [-0.15, -0.1) is 0 Å². The van der Waals surface area contributed by atoms with Crippen molar-refractivity contribution in [2.75, 3.05) is 6.54 Å². The molecule has 5 nitrogen and oxygen atoms in total.